The van der Waals surface area contributed by atoms with Crippen LogP contribution in [0.1, 0.15) is 52.0 Å². The number of unbranched alkanes of at least 4 members (excludes halogenated alkanes) is 2. The molecule has 4 amide bonds. The fourth-order valence-corrected chi connectivity index (χ4v) is 4.60. The van der Waals surface area contributed by atoms with Crippen molar-refractivity contribution >= 4 is 28.7 Å². The summed E-state index contributed by atoms with van der Waals surface area (Å²) >= 11 is 0. The Morgan fingerprint density at radius 1 is 1.11 bits per heavy atom. The maximum Gasteiger partial charge on any atom is 0.317 e. The summed E-state index contributed by atoms with van der Waals surface area (Å²) in [5, 5.41) is 6.97. The van der Waals surface area contributed by atoms with E-state index in [9.17, 15) is 14.4 Å². The van der Waals surface area contributed by atoms with E-state index in [0.717, 1.165) is 35.7 Å². The third-order valence-corrected chi connectivity index (χ3v) is 6.45. The number of nitrogens with one attached hydrogen (secondary N) is 3. The van der Waals surface area contributed by atoms with Crippen LogP contribution in [0.3, 0.4) is 0 Å². The van der Waals surface area contributed by atoms with Crippen LogP contribution in [-0.4, -0.2) is 76.9 Å². The molecule has 2 atom stereocenters. The second-order valence-corrected chi connectivity index (χ2v) is 9.71. The number of carbonyl (C=O) groups is 3. The average Bonchev–Trinajstić information content (AvgIpc) is 3.23. The zero-order valence-electron chi connectivity index (χ0n) is 21.2. The van der Waals surface area contributed by atoms with Gasteiger partial charge >= 0.3 is 6.03 Å². The molecule has 1 aliphatic rings. The van der Waals surface area contributed by atoms with E-state index >= 15 is 0 Å². The standard InChI is InChI=1S/C26H40N6O3/c1-18(2)29-26(35)32-14-13-31(17-19(32)3)25(34)23(30-24(33)11-5-4-8-12-27)15-20-16-28-22-10-7-6-9-21(20)22/h6-7,9-10,16,18-19,23,28H,4-5,8,11-15,17,27H2,1-3H3,(H,29,35)(H,30,33). The summed E-state index contributed by atoms with van der Waals surface area (Å²) in [6.45, 7) is 7.74. The number of para-hydroxylation sites is 1. The monoisotopic (exact) mass is 484 g/mol. The molecule has 1 aliphatic heterocycles. The zero-order chi connectivity index (χ0) is 25.4. The van der Waals surface area contributed by atoms with Crippen LogP contribution in [0.25, 0.3) is 10.9 Å². The molecule has 0 spiro atoms. The Morgan fingerprint density at radius 3 is 2.60 bits per heavy atom. The van der Waals surface area contributed by atoms with Gasteiger partial charge in [-0.25, -0.2) is 4.79 Å². The third kappa shape index (κ3) is 7.21. The van der Waals surface area contributed by atoms with E-state index in [1.165, 1.54) is 0 Å². The molecule has 3 rings (SSSR count). The van der Waals surface area contributed by atoms with Crippen LogP contribution in [0.2, 0.25) is 0 Å². The van der Waals surface area contributed by atoms with Crippen LogP contribution in [0.4, 0.5) is 4.79 Å². The Bertz CT molecular complexity index is 1000. The van der Waals surface area contributed by atoms with E-state index < -0.39 is 6.04 Å². The first-order chi connectivity index (χ1) is 16.8. The van der Waals surface area contributed by atoms with Crippen LogP contribution in [0, 0.1) is 0 Å². The van der Waals surface area contributed by atoms with Gasteiger partial charge in [0.1, 0.15) is 6.04 Å². The molecule has 2 unspecified atom stereocenters. The van der Waals surface area contributed by atoms with Crippen LogP contribution in [0.15, 0.2) is 30.5 Å². The summed E-state index contributed by atoms with van der Waals surface area (Å²) in [5.41, 5.74) is 7.54. The number of hydrogen-bond acceptors (Lipinski definition) is 4. The van der Waals surface area contributed by atoms with Crippen LogP contribution < -0.4 is 16.4 Å². The molecule has 2 heterocycles. The molecule has 1 aromatic carbocycles. The molecule has 1 aromatic heterocycles. The average molecular weight is 485 g/mol. The highest BCUT2D eigenvalue weighted by atomic mass is 16.2. The number of aromatic amines is 1. The van der Waals surface area contributed by atoms with Crippen LogP contribution >= 0.6 is 0 Å². The van der Waals surface area contributed by atoms with E-state index in [0.29, 0.717) is 39.0 Å². The van der Waals surface area contributed by atoms with Gasteiger partial charge in [0, 0.05) is 61.7 Å². The number of hydrogen-bond donors (Lipinski definition) is 4. The molecule has 192 valence electrons. The molecule has 5 N–H and O–H groups in total. The lowest BCUT2D eigenvalue weighted by Crippen LogP contribution is -2.61. The highest BCUT2D eigenvalue weighted by Crippen LogP contribution is 2.20. The Kier molecular flexibility index (Phi) is 9.54. The smallest absolute Gasteiger partial charge is 0.317 e. The van der Waals surface area contributed by atoms with Crippen molar-refractivity contribution in [2.75, 3.05) is 26.2 Å². The van der Waals surface area contributed by atoms with Gasteiger partial charge < -0.3 is 31.2 Å². The Balaban J connectivity index is 1.71. The lowest BCUT2D eigenvalue weighted by Gasteiger charge is -2.41. The van der Waals surface area contributed by atoms with Crippen molar-refractivity contribution in [1.82, 2.24) is 25.4 Å². The third-order valence-electron chi connectivity index (χ3n) is 6.45. The summed E-state index contributed by atoms with van der Waals surface area (Å²) in [5.74, 6) is -0.232. The highest BCUT2D eigenvalue weighted by molar-refractivity contribution is 5.90. The van der Waals surface area contributed by atoms with Crippen molar-refractivity contribution < 1.29 is 14.4 Å². The van der Waals surface area contributed by atoms with E-state index in [1.54, 1.807) is 9.80 Å². The molecule has 0 radical (unpaired) electrons. The molecule has 0 aliphatic carbocycles. The summed E-state index contributed by atoms with van der Waals surface area (Å²) in [6.07, 6.45) is 5.21. The van der Waals surface area contributed by atoms with Crippen LogP contribution in [-0.2, 0) is 16.0 Å². The molecule has 0 bridgehead atoms. The molecule has 9 nitrogen and oxygen atoms in total. The number of piperazine rings is 1. The van der Waals surface area contributed by atoms with Gasteiger partial charge in [-0.15, -0.1) is 0 Å². The maximum atomic E-state index is 13.6. The number of carbonyl (C=O) groups excluding carboxylic acids is 3. The molecule has 1 fully saturated rings. The minimum atomic E-state index is -0.667. The van der Waals surface area contributed by atoms with E-state index in [2.05, 4.69) is 15.6 Å². The minimum absolute atomic E-state index is 0.0509. The molecule has 0 saturated carbocycles. The Hall–Kier alpha value is -3.07. The topological polar surface area (TPSA) is 124 Å². The lowest BCUT2D eigenvalue weighted by atomic mass is 10.0. The summed E-state index contributed by atoms with van der Waals surface area (Å²) in [4.78, 5) is 45.7. The van der Waals surface area contributed by atoms with Crippen molar-refractivity contribution in [1.29, 1.82) is 0 Å². The predicted octanol–water partition coefficient (Wildman–Crippen LogP) is 2.37. The largest absolute Gasteiger partial charge is 0.361 e. The van der Waals surface area contributed by atoms with Gasteiger partial charge in [-0.1, -0.05) is 24.6 Å². The molecule has 2 aromatic rings. The molecule has 9 heteroatoms. The first-order valence-electron chi connectivity index (χ1n) is 12.7. The Morgan fingerprint density at radius 2 is 1.89 bits per heavy atom. The number of urea groups is 1. The SMILES string of the molecule is CC(C)NC(=O)N1CCN(C(=O)C(Cc2c[nH]c3ccccc23)NC(=O)CCCCCN)CC1C. The number of benzene rings is 1. The molecular weight excluding hydrogens is 444 g/mol. The van der Waals surface area contributed by atoms with Gasteiger partial charge in [-0.3, -0.25) is 9.59 Å². The van der Waals surface area contributed by atoms with E-state index in [4.69, 9.17) is 5.73 Å². The summed E-state index contributed by atoms with van der Waals surface area (Å²) in [6, 6.07) is 7.10. The summed E-state index contributed by atoms with van der Waals surface area (Å²) in [7, 11) is 0. The zero-order valence-corrected chi connectivity index (χ0v) is 21.2. The lowest BCUT2D eigenvalue weighted by molar-refractivity contribution is -0.138. The van der Waals surface area contributed by atoms with Crippen molar-refractivity contribution in [2.24, 2.45) is 5.73 Å². The normalized spacial score (nSPS) is 17.0. The number of H-pyrrole nitrogens is 1. The summed E-state index contributed by atoms with van der Waals surface area (Å²) < 4.78 is 0. The Labute approximate surface area is 207 Å². The van der Waals surface area contributed by atoms with Gasteiger partial charge in [0.05, 0.1) is 0 Å². The van der Waals surface area contributed by atoms with Crippen molar-refractivity contribution in [3.8, 4) is 0 Å². The van der Waals surface area contributed by atoms with Gasteiger partial charge in [-0.05, 0) is 51.8 Å². The van der Waals surface area contributed by atoms with Gasteiger partial charge in [0.2, 0.25) is 11.8 Å². The predicted molar refractivity (Wildman–Crippen MR) is 138 cm³/mol. The molecule has 35 heavy (non-hydrogen) atoms. The van der Waals surface area contributed by atoms with Gasteiger partial charge in [0.15, 0.2) is 0 Å². The number of nitrogens with zero attached hydrogens (tertiary/aromatic N) is 2. The fourth-order valence-electron chi connectivity index (χ4n) is 4.60. The maximum absolute atomic E-state index is 13.6. The van der Waals surface area contributed by atoms with Crippen molar-refractivity contribution in [3.05, 3.63) is 36.0 Å². The molecule has 1 saturated heterocycles. The fraction of sp³-hybridized carbons (Fsp3) is 0.577. The van der Waals surface area contributed by atoms with E-state index in [1.807, 2.05) is 51.2 Å². The number of fused-ring (bicyclic) bond motifs is 1. The minimum Gasteiger partial charge on any atom is -0.361 e. The first-order valence-corrected chi connectivity index (χ1v) is 12.7. The second-order valence-electron chi connectivity index (χ2n) is 9.71. The number of aromatic nitrogens is 1. The highest BCUT2D eigenvalue weighted by Gasteiger charge is 2.34. The van der Waals surface area contributed by atoms with Crippen molar-refractivity contribution in [3.63, 3.8) is 0 Å². The van der Waals surface area contributed by atoms with Crippen LogP contribution in [0.5, 0.6) is 0 Å². The first kappa shape index (κ1) is 26.5. The number of nitrogens with two attached hydrogens (primary N) is 1. The second kappa shape index (κ2) is 12.6. The number of amides is 4. The van der Waals surface area contributed by atoms with Gasteiger partial charge in [-0.2, -0.15) is 0 Å². The number of rotatable bonds is 10. The quantitative estimate of drug-likeness (QED) is 0.387. The van der Waals surface area contributed by atoms with E-state index in [-0.39, 0.29) is 29.9 Å². The van der Waals surface area contributed by atoms with Gasteiger partial charge in [0.25, 0.3) is 0 Å². The van der Waals surface area contributed by atoms with Crippen molar-refractivity contribution in [2.45, 2.75) is 71.0 Å². The molecular formula is C26H40N6O3.